The number of halogens is 1. The van der Waals surface area contributed by atoms with E-state index in [4.69, 9.17) is 11.6 Å². The number of fused-ring (bicyclic) bond motifs is 1. The van der Waals surface area contributed by atoms with Crippen molar-refractivity contribution in [2.45, 2.75) is 13.8 Å². The fourth-order valence-electron chi connectivity index (χ4n) is 2.37. The van der Waals surface area contributed by atoms with Gasteiger partial charge >= 0.3 is 0 Å². The average Bonchev–Trinajstić information content (AvgIpc) is 2.52. The van der Waals surface area contributed by atoms with Crippen LogP contribution in [0.15, 0.2) is 48.7 Å². The van der Waals surface area contributed by atoms with Gasteiger partial charge in [-0.05, 0) is 55.3 Å². The third-order valence-corrected chi connectivity index (χ3v) is 4.04. The molecule has 2 aromatic carbocycles. The molecule has 110 valence electrons. The quantitative estimate of drug-likeness (QED) is 0.741. The minimum Gasteiger partial charge on any atom is -0.321 e. The first-order chi connectivity index (χ1) is 10.6. The maximum Gasteiger partial charge on any atom is 0.255 e. The van der Waals surface area contributed by atoms with Crippen molar-refractivity contribution in [3.05, 3.63) is 70.4 Å². The largest absolute Gasteiger partial charge is 0.321 e. The van der Waals surface area contributed by atoms with Crippen LogP contribution in [0.5, 0.6) is 0 Å². The predicted octanol–water partition coefficient (Wildman–Crippen LogP) is 4.76. The lowest BCUT2D eigenvalue weighted by atomic mass is 10.0. The third kappa shape index (κ3) is 2.68. The highest BCUT2D eigenvalue weighted by Crippen LogP contribution is 2.26. The lowest BCUT2D eigenvalue weighted by molar-refractivity contribution is 0.102. The van der Waals surface area contributed by atoms with E-state index in [0.717, 1.165) is 22.2 Å². The van der Waals surface area contributed by atoms with Gasteiger partial charge in [-0.25, -0.2) is 0 Å². The Kier molecular flexibility index (Phi) is 3.82. The molecule has 0 aliphatic carbocycles. The number of anilines is 1. The van der Waals surface area contributed by atoms with Gasteiger partial charge in [-0.1, -0.05) is 23.7 Å². The smallest absolute Gasteiger partial charge is 0.255 e. The van der Waals surface area contributed by atoms with Gasteiger partial charge in [0.1, 0.15) is 0 Å². The van der Waals surface area contributed by atoms with E-state index in [1.807, 2.05) is 25.1 Å². The molecular weight excluding hydrogens is 296 g/mol. The number of rotatable bonds is 2. The third-order valence-electron chi connectivity index (χ3n) is 3.79. The molecule has 1 N–H and O–H groups in total. The van der Waals surface area contributed by atoms with Gasteiger partial charge < -0.3 is 5.32 Å². The molecule has 3 rings (SSSR count). The van der Waals surface area contributed by atoms with Crippen molar-refractivity contribution in [1.82, 2.24) is 4.98 Å². The highest BCUT2D eigenvalue weighted by atomic mass is 35.5. The lowest BCUT2D eigenvalue weighted by Gasteiger charge is -2.11. The molecule has 1 amide bonds. The Bertz CT molecular complexity index is 857. The highest BCUT2D eigenvalue weighted by Gasteiger charge is 2.10. The Morgan fingerprint density at radius 2 is 1.77 bits per heavy atom. The van der Waals surface area contributed by atoms with Crippen molar-refractivity contribution in [1.29, 1.82) is 0 Å². The van der Waals surface area contributed by atoms with Gasteiger partial charge in [0.2, 0.25) is 0 Å². The van der Waals surface area contributed by atoms with Crippen LogP contribution in [-0.4, -0.2) is 10.9 Å². The molecule has 1 heterocycles. The Morgan fingerprint density at radius 1 is 1.05 bits per heavy atom. The second-order valence-corrected chi connectivity index (χ2v) is 5.66. The first-order valence-electron chi connectivity index (χ1n) is 6.98. The first-order valence-corrected chi connectivity index (χ1v) is 7.36. The van der Waals surface area contributed by atoms with Crippen LogP contribution in [0, 0.1) is 13.8 Å². The van der Waals surface area contributed by atoms with Gasteiger partial charge in [-0.15, -0.1) is 0 Å². The van der Waals surface area contributed by atoms with Gasteiger partial charge in [0, 0.05) is 22.2 Å². The summed E-state index contributed by atoms with van der Waals surface area (Å²) in [6.45, 7) is 4.09. The second kappa shape index (κ2) is 5.78. The number of benzene rings is 2. The molecule has 0 unspecified atom stereocenters. The molecule has 3 nitrogen and oxygen atoms in total. The number of carbonyl (C=O) groups is 1. The van der Waals surface area contributed by atoms with Crippen LogP contribution >= 0.6 is 11.6 Å². The summed E-state index contributed by atoms with van der Waals surface area (Å²) in [7, 11) is 0. The molecule has 0 saturated carbocycles. The van der Waals surface area contributed by atoms with Crippen molar-refractivity contribution in [3.63, 3.8) is 0 Å². The van der Waals surface area contributed by atoms with Crippen molar-refractivity contribution in [2.75, 3.05) is 5.32 Å². The number of hydrogen-bond donors (Lipinski definition) is 1. The number of pyridine rings is 1. The van der Waals surface area contributed by atoms with Crippen LogP contribution in [0.25, 0.3) is 10.9 Å². The van der Waals surface area contributed by atoms with Crippen LogP contribution in [0.4, 0.5) is 5.69 Å². The van der Waals surface area contributed by atoms with E-state index in [0.29, 0.717) is 10.6 Å². The molecule has 22 heavy (non-hydrogen) atoms. The first kappa shape index (κ1) is 14.5. The van der Waals surface area contributed by atoms with Gasteiger partial charge in [0.25, 0.3) is 5.91 Å². The molecule has 1 aromatic heterocycles. The monoisotopic (exact) mass is 310 g/mol. The summed E-state index contributed by atoms with van der Waals surface area (Å²) in [5.74, 6) is -0.164. The normalized spacial score (nSPS) is 10.7. The van der Waals surface area contributed by atoms with Crippen molar-refractivity contribution in [2.24, 2.45) is 0 Å². The minimum absolute atomic E-state index is 0.164. The van der Waals surface area contributed by atoms with E-state index in [1.54, 1.807) is 30.5 Å². The number of amides is 1. The van der Waals surface area contributed by atoms with Gasteiger partial charge in [-0.3, -0.25) is 9.78 Å². The van der Waals surface area contributed by atoms with Crippen molar-refractivity contribution >= 4 is 34.1 Å². The summed E-state index contributed by atoms with van der Waals surface area (Å²) >= 11 is 5.85. The molecule has 0 aliphatic heterocycles. The summed E-state index contributed by atoms with van der Waals surface area (Å²) in [6, 6.07) is 12.7. The SMILES string of the molecule is Cc1ccc2c(NC(=O)c3ccc(Cl)cc3)ccnc2c1C. The molecule has 0 saturated heterocycles. The average molecular weight is 311 g/mol. The zero-order valence-electron chi connectivity index (χ0n) is 12.4. The zero-order valence-corrected chi connectivity index (χ0v) is 13.1. The molecule has 0 fully saturated rings. The van der Waals surface area contributed by atoms with Crippen molar-refractivity contribution in [3.8, 4) is 0 Å². The fourth-order valence-corrected chi connectivity index (χ4v) is 2.49. The highest BCUT2D eigenvalue weighted by molar-refractivity contribution is 6.30. The Hall–Kier alpha value is -2.39. The number of aryl methyl sites for hydroxylation is 2. The predicted molar refractivity (Wildman–Crippen MR) is 90.6 cm³/mol. The van der Waals surface area contributed by atoms with E-state index in [-0.39, 0.29) is 5.91 Å². The molecule has 0 radical (unpaired) electrons. The fraction of sp³-hybridized carbons (Fsp3) is 0.111. The van der Waals surface area contributed by atoms with Gasteiger partial charge in [-0.2, -0.15) is 0 Å². The van der Waals surface area contributed by atoms with E-state index in [9.17, 15) is 4.79 Å². The van der Waals surface area contributed by atoms with Crippen LogP contribution in [0.3, 0.4) is 0 Å². The number of nitrogens with zero attached hydrogens (tertiary/aromatic N) is 1. The topological polar surface area (TPSA) is 42.0 Å². The minimum atomic E-state index is -0.164. The lowest BCUT2D eigenvalue weighted by Crippen LogP contribution is -2.12. The van der Waals surface area contributed by atoms with E-state index >= 15 is 0 Å². The van der Waals surface area contributed by atoms with E-state index in [1.165, 1.54) is 5.56 Å². The van der Waals surface area contributed by atoms with Crippen LogP contribution in [0.1, 0.15) is 21.5 Å². The van der Waals surface area contributed by atoms with Crippen LogP contribution in [0.2, 0.25) is 5.02 Å². The molecule has 0 aliphatic rings. The maximum absolute atomic E-state index is 12.3. The molecule has 0 bridgehead atoms. The number of nitrogens with one attached hydrogen (secondary N) is 1. The Balaban J connectivity index is 1.99. The zero-order chi connectivity index (χ0) is 15.7. The molecule has 0 spiro atoms. The Morgan fingerprint density at radius 3 is 2.50 bits per heavy atom. The van der Waals surface area contributed by atoms with E-state index in [2.05, 4.69) is 17.2 Å². The Labute approximate surface area is 133 Å². The summed E-state index contributed by atoms with van der Waals surface area (Å²) < 4.78 is 0. The molecule has 3 aromatic rings. The van der Waals surface area contributed by atoms with Crippen LogP contribution in [-0.2, 0) is 0 Å². The number of carbonyl (C=O) groups excluding carboxylic acids is 1. The summed E-state index contributed by atoms with van der Waals surface area (Å²) in [6.07, 6.45) is 1.71. The molecule has 0 atom stereocenters. The van der Waals surface area contributed by atoms with E-state index < -0.39 is 0 Å². The standard InChI is InChI=1S/C18H15ClN2O/c1-11-3-8-15-16(9-10-20-17(15)12(11)2)21-18(22)13-4-6-14(19)7-5-13/h3-10H,1-2H3,(H,20,21,22). The summed E-state index contributed by atoms with van der Waals surface area (Å²) in [5, 5.41) is 4.49. The van der Waals surface area contributed by atoms with Gasteiger partial charge in [0.15, 0.2) is 0 Å². The number of hydrogen-bond acceptors (Lipinski definition) is 2. The number of aromatic nitrogens is 1. The summed E-state index contributed by atoms with van der Waals surface area (Å²) in [4.78, 5) is 16.8. The molecule has 4 heteroatoms. The molecular formula is C18H15ClN2O. The van der Waals surface area contributed by atoms with Crippen molar-refractivity contribution < 1.29 is 4.79 Å². The van der Waals surface area contributed by atoms with Crippen LogP contribution < -0.4 is 5.32 Å². The second-order valence-electron chi connectivity index (χ2n) is 5.22. The van der Waals surface area contributed by atoms with Gasteiger partial charge in [0.05, 0.1) is 11.2 Å². The summed E-state index contributed by atoms with van der Waals surface area (Å²) in [5.41, 5.74) is 4.54. The maximum atomic E-state index is 12.3.